The van der Waals surface area contributed by atoms with Crippen LogP contribution in [-0.2, 0) is 4.79 Å². The van der Waals surface area contributed by atoms with Crippen LogP contribution in [0.15, 0.2) is 70.5 Å². The van der Waals surface area contributed by atoms with Gasteiger partial charge in [-0.1, -0.05) is 45.2 Å². The summed E-state index contributed by atoms with van der Waals surface area (Å²) in [6.45, 7) is -0.377. The van der Waals surface area contributed by atoms with E-state index >= 15 is 0 Å². The van der Waals surface area contributed by atoms with Gasteiger partial charge in [0.25, 0.3) is 0 Å². The molecule has 7 nitrogen and oxygen atoms in total. The summed E-state index contributed by atoms with van der Waals surface area (Å²) < 4.78 is 22.8. The second-order valence-electron chi connectivity index (χ2n) is 7.35. The van der Waals surface area contributed by atoms with Gasteiger partial charge in [-0.05, 0) is 42.5 Å². The van der Waals surface area contributed by atoms with Gasteiger partial charge < -0.3 is 24.7 Å². The molecule has 0 saturated heterocycles. The highest BCUT2D eigenvalue weighted by molar-refractivity contribution is 9.10. The number of hydrogen-bond acceptors (Lipinski definition) is 7. The molecule has 0 aliphatic carbocycles. The average Bonchev–Trinajstić information content (AvgIpc) is 2.82. The van der Waals surface area contributed by atoms with Crippen molar-refractivity contribution in [3.63, 3.8) is 0 Å². The molecular formula is C25H17BrCl2N2O5. The molecule has 0 fully saturated rings. The zero-order chi connectivity index (χ0) is 25.1. The van der Waals surface area contributed by atoms with Gasteiger partial charge in [0, 0.05) is 26.7 Å². The summed E-state index contributed by atoms with van der Waals surface area (Å²) >= 11 is 15.4. The van der Waals surface area contributed by atoms with Crippen LogP contribution in [0.1, 0.15) is 17.0 Å². The molecule has 178 valence electrons. The first-order valence-corrected chi connectivity index (χ1v) is 11.7. The van der Waals surface area contributed by atoms with Gasteiger partial charge in [0.1, 0.15) is 34.6 Å². The largest absolute Gasteiger partial charge is 0.496 e. The zero-order valence-corrected chi connectivity index (χ0v) is 21.3. The summed E-state index contributed by atoms with van der Waals surface area (Å²) in [7, 11) is 1.55. The van der Waals surface area contributed by atoms with E-state index in [1.54, 1.807) is 37.4 Å². The van der Waals surface area contributed by atoms with Gasteiger partial charge in [-0.15, -0.1) is 0 Å². The molecule has 35 heavy (non-hydrogen) atoms. The molecule has 0 amide bonds. The van der Waals surface area contributed by atoms with Crippen molar-refractivity contribution in [2.24, 2.45) is 5.73 Å². The van der Waals surface area contributed by atoms with Gasteiger partial charge in [-0.3, -0.25) is 0 Å². The summed E-state index contributed by atoms with van der Waals surface area (Å²) in [4.78, 5) is 12.3. The van der Waals surface area contributed by atoms with Gasteiger partial charge in [-0.25, -0.2) is 4.79 Å². The highest BCUT2D eigenvalue weighted by Crippen LogP contribution is 2.46. The lowest BCUT2D eigenvalue weighted by molar-refractivity contribution is -0.136. The number of hydrogen-bond donors (Lipinski definition) is 1. The highest BCUT2D eigenvalue weighted by atomic mass is 79.9. The monoisotopic (exact) mass is 574 g/mol. The maximum Gasteiger partial charge on any atom is 0.349 e. The Bertz CT molecular complexity index is 1390. The number of methoxy groups -OCH3 is 1. The third-order valence-corrected chi connectivity index (χ3v) is 6.19. The van der Waals surface area contributed by atoms with Crippen molar-refractivity contribution in [1.82, 2.24) is 0 Å². The van der Waals surface area contributed by atoms with Crippen LogP contribution in [0.5, 0.6) is 23.0 Å². The Kier molecular flexibility index (Phi) is 7.41. The first-order chi connectivity index (χ1) is 16.8. The molecule has 2 N–H and O–H groups in total. The van der Waals surface area contributed by atoms with Crippen molar-refractivity contribution < 1.29 is 23.7 Å². The lowest BCUT2D eigenvalue weighted by atomic mass is 9.83. The number of nitrogens with two attached hydrogens (primary N) is 1. The van der Waals surface area contributed by atoms with Crippen LogP contribution in [0.4, 0.5) is 0 Å². The number of halogens is 3. The van der Waals surface area contributed by atoms with Crippen molar-refractivity contribution in [3.05, 3.63) is 91.7 Å². The van der Waals surface area contributed by atoms with E-state index in [2.05, 4.69) is 22.0 Å². The Labute approximate surface area is 219 Å². The quantitative estimate of drug-likeness (QED) is 0.285. The van der Waals surface area contributed by atoms with Crippen LogP contribution >= 0.6 is 39.1 Å². The predicted octanol–water partition coefficient (Wildman–Crippen LogP) is 5.97. The number of esters is 1. The van der Waals surface area contributed by atoms with Gasteiger partial charge in [0.2, 0.25) is 5.88 Å². The number of fused-ring (bicyclic) bond motifs is 1. The average molecular weight is 576 g/mol. The lowest BCUT2D eigenvalue weighted by Gasteiger charge is -2.27. The van der Waals surface area contributed by atoms with Crippen molar-refractivity contribution in [2.45, 2.75) is 5.92 Å². The van der Waals surface area contributed by atoms with Crippen LogP contribution in [0.3, 0.4) is 0 Å². The maximum atomic E-state index is 12.3. The second-order valence-corrected chi connectivity index (χ2v) is 9.11. The molecule has 10 heteroatoms. The zero-order valence-electron chi connectivity index (χ0n) is 18.2. The number of allylic oxidation sites excluding steroid dienone is 1. The number of carbonyl (C=O) groups is 1. The smallest absolute Gasteiger partial charge is 0.349 e. The molecule has 1 unspecified atom stereocenters. The first kappa shape index (κ1) is 24.7. The van der Waals surface area contributed by atoms with Gasteiger partial charge >= 0.3 is 5.97 Å². The molecule has 3 aromatic carbocycles. The van der Waals surface area contributed by atoms with E-state index in [1.165, 1.54) is 12.1 Å². The van der Waals surface area contributed by atoms with E-state index in [0.717, 1.165) is 10.0 Å². The Morgan fingerprint density at radius 1 is 1.11 bits per heavy atom. The molecule has 4 rings (SSSR count). The molecule has 3 aromatic rings. The molecule has 1 aliphatic heterocycles. The van der Waals surface area contributed by atoms with E-state index in [1.807, 2.05) is 12.1 Å². The molecule has 0 bridgehead atoms. The van der Waals surface area contributed by atoms with Gasteiger partial charge in [0.15, 0.2) is 6.61 Å². The fourth-order valence-electron chi connectivity index (χ4n) is 3.64. The molecule has 1 atom stereocenters. The molecule has 0 spiro atoms. The van der Waals surface area contributed by atoms with Crippen LogP contribution in [0.25, 0.3) is 0 Å². The fraction of sp³-hybridized carbons (Fsp3) is 0.120. The van der Waals surface area contributed by atoms with Crippen LogP contribution in [-0.4, -0.2) is 19.7 Å². The summed E-state index contributed by atoms with van der Waals surface area (Å²) in [6.07, 6.45) is 0. The third-order valence-electron chi connectivity index (χ3n) is 5.16. The van der Waals surface area contributed by atoms with Crippen LogP contribution in [0.2, 0.25) is 10.0 Å². The summed E-state index contributed by atoms with van der Waals surface area (Å²) in [6, 6.07) is 17.1. The Balaban J connectivity index is 1.59. The van der Waals surface area contributed by atoms with Crippen molar-refractivity contribution >= 4 is 45.1 Å². The SMILES string of the molecule is COc1ccc(Br)cc1C1C(C#N)=C(N)Oc2cc(OC(=O)COc3ccc(Cl)cc3Cl)ccc21. The molecule has 1 heterocycles. The molecule has 1 aliphatic rings. The maximum absolute atomic E-state index is 12.3. The normalized spacial score (nSPS) is 14.4. The minimum absolute atomic E-state index is 0.0452. The Morgan fingerprint density at radius 3 is 2.60 bits per heavy atom. The van der Waals surface area contributed by atoms with Crippen molar-refractivity contribution in [3.8, 4) is 29.1 Å². The Morgan fingerprint density at radius 2 is 1.89 bits per heavy atom. The van der Waals surface area contributed by atoms with Gasteiger partial charge in [-0.2, -0.15) is 5.26 Å². The molecule has 0 radical (unpaired) electrons. The fourth-order valence-corrected chi connectivity index (χ4v) is 4.48. The summed E-state index contributed by atoms with van der Waals surface area (Å²) in [5, 5.41) is 10.5. The number of nitrogens with zero attached hydrogens (tertiary/aromatic N) is 1. The minimum Gasteiger partial charge on any atom is -0.496 e. The lowest BCUT2D eigenvalue weighted by Crippen LogP contribution is -2.22. The number of carbonyl (C=O) groups excluding carboxylic acids is 1. The van der Waals surface area contributed by atoms with Crippen LogP contribution in [0, 0.1) is 11.3 Å². The van der Waals surface area contributed by atoms with E-state index < -0.39 is 11.9 Å². The van der Waals surface area contributed by atoms with Crippen molar-refractivity contribution in [2.75, 3.05) is 13.7 Å². The number of nitriles is 1. The molecular weight excluding hydrogens is 559 g/mol. The first-order valence-electron chi connectivity index (χ1n) is 10.1. The second kappa shape index (κ2) is 10.5. The topological polar surface area (TPSA) is 104 Å². The summed E-state index contributed by atoms with van der Waals surface area (Å²) in [5.41, 5.74) is 7.71. The van der Waals surface area contributed by atoms with E-state index in [4.69, 9.17) is 47.9 Å². The van der Waals surface area contributed by atoms with Crippen LogP contribution < -0.4 is 24.7 Å². The van der Waals surface area contributed by atoms with Gasteiger partial charge in [0.05, 0.1) is 18.1 Å². The van der Waals surface area contributed by atoms with E-state index in [9.17, 15) is 10.1 Å². The van der Waals surface area contributed by atoms with E-state index in [-0.39, 0.29) is 28.8 Å². The van der Waals surface area contributed by atoms with Crippen molar-refractivity contribution in [1.29, 1.82) is 5.26 Å². The summed E-state index contributed by atoms with van der Waals surface area (Å²) in [5.74, 6) is 0.202. The molecule has 0 aromatic heterocycles. The number of benzene rings is 3. The number of ether oxygens (including phenoxy) is 4. The highest BCUT2D eigenvalue weighted by Gasteiger charge is 2.33. The number of rotatable bonds is 6. The molecule has 0 saturated carbocycles. The minimum atomic E-state index is -0.654. The standard InChI is InChI=1S/C25H17BrCl2N2O5/c1-32-20-6-2-13(26)8-17(20)24-16-5-4-15(10-22(16)35-25(30)18(24)11-29)34-23(31)12-33-21-7-3-14(27)9-19(21)28/h2-10,24H,12,30H2,1H3. The van der Waals surface area contributed by atoms with E-state index in [0.29, 0.717) is 27.8 Å². The Hall–Kier alpha value is -3.38. The third kappa shape index (κ3) is 5.33. The predicted molar refractivity (Wildman–Crippen MR) is 134 cm³/mol.